The van der Waals surface area contributed by atoms with Gasteiger partial charge in [-0.25, -0.2) is 4.79 Å². The zero-order valence-electron chi connectivity index (χ0n) is 21.2. The van der Waals surface area contributed by atoms with Crippen LogP contribution in [-0.4, -0.2) is 92.9 Å². The van der Waals surface area contributed by atoms with Gasteiger partial charge in [0, 0.05) is 13.0 Å². The van der Waals surface area contributed by atoms with E-state index in [1.807, 2.05) is 0 Å². The Morgan fingerprint density at radius 1 is 0.923 bits per heavy atom. The van der Waals surface area contributed by atoms with Crippen molar-refractivity contribution in [3.63, 3.8) is 0 Å². The van der Waals surface area contributed by atoms with Crippen molar-refractivity contribution < 1.29 is 44.4 Å². The standard InChI is InChI=1S/C23H35N7O9/c1-11(31)18(21(37)28-15(22(38)39)3-2-8-27-23(25)26)30-20(36)16(9-12-4-6-13(32)7-5-12)29-19(35)14(24)10-17(33)34/h4-7,11,14-16,18,31-32H,2-3,8-10,24H2,1H3,(H,28,37)(H,29,35)(H,30,36)(H,33,34)(H,38,39)(H4,25,26,27). The van der Waals surface area contributed by atoms with Gasteiger partial charge in [0.15, 0.2) is 5.96 Å². The maximum atomic E-state index is 13.1. The van der Waals surface area contributed by atoms with E-state index in [9.17, 15) is 39.3 Å². The first-order valence-corrected chi connectivity index (χ1v) is 11.8. The fourth-order valence-electron chi connectivity index (χ4n) is 3.32. The van der Waals surface area contributed by atoms with Gasteiger partial charge in [0.1, 0.15) is 23.9 Å². The van der Waals surface area contributed by atoms with Gasteiger partial charge in [-0.2, -0.15) is 0 Å². The van der Waals surface area contributed by atoms with Gasteiger partial charge < -0.3 is 53.6 Å². The van der Waals surface area contributed by atoms with Crippen LogP contribution in [0.4, 0.5) is 0 Å². The second-order valence-electron chi connectivity index (χ2n) is 8.71. The molecular formula is C23H35N7O9. The molecule has 0 radical (unpaired) electrons. The maximum absolute atomic E-state index is 13.1. The first-order valence-electron chi connectivity index (χ1n) is 11.8. The Balaban J connectivity index is 3.06. The van der Waals surface area contributed by atoms with E-state index in [0.29, 0.717) is 5.56 Å². The topological polar surface area (TPSA) is 293 Å². The van der Waals surface area contributed by atoms with Gasteiger partial charge in [0.2, 0.25) is 17.7 Å². The number of nitrogens with one attached hydrogen (secondary N) is 3. The second kappa shape index (κ2) is 15.7. The summed E-state index contributed by atoms with van der Waals surface area (Å²) in [6, 6.07) is -0.249. The number of nitrogens with two attached hydrogens (primary N) is 3. The highest BCUT2D eigenvalue weighted by Crippen LogP contribution is 2.12. The largest absolute Gasteiger partial charge is 0.508 e. The number of rotatable bonds is 16. The summed E-state index contributed by atoms with van der Waals surface area (Å²) >= 11 is 0. The highest BCUT2D eigenvalue weighted by molar-refractivity contribution is 5.95. The smallest absolute Gasteiger partial charge is 0.326 e. The van der Waals surface area contributed by atoms with Crippen LogP contribution in [0.3, 0.4) is 0 Å². The average Bonchev–Trinajstić information content (AvgIpc) is 2.83. The number of amides is 3. The van der Waals surface area contributed by atoms with Gasteiger partial charge in [-0.05, 0) is 37.5 Å². The molecule has 3 amide bonds. The number of aliphatic carboxylic acids is 2. The Bertz CT molecular complexity index is 1040. The van der Waals surface area contributed by atoms with Crippen LogP contribution in [0.25, 0.3) is 0 Å². The summed E-state index contributed by atoms with van der Waals surface area (Å²) in [4.78, 5) is 64.6. The Morgan fingerprint density at radius 3 is 2.03 bits per heavy atom. The van der Waals surface area contributed by atoms with Crippen LogP contribution >= 0.6 is 0 Å². The monoisotopic (exact) mass is 553 g/mol. The van der Waals surface area contributed by atoms with Gasteiger partial charge in [0.05, 0.1) is 18.6 Å². The number of nitrogens with zero attached hydrogens (tertiary/aromatic N) is 1. The number of hydrogen-bond donors (Lipinski definition) is 10. The molecule has 0 fully saturated rings. The van der Waals surface area contributed by atoms with Crippen LogP contribution in [-0.2, 0) is 30.4 Å². The molecule has 216 valence electrons. The first-order chi connectivity index (χ1) is 18.2. The molecule has 39 heavy (non-hydrogen) atoms. The molecule has 0 aromatic heterocycles. The summed E-state index contributed by atoms with van der Waals surface area (Å²) in [7, 11) is 0. The molecule has 1 aromatic carbocycles. The third kappa shape index (κ3) is 12.1. The molecule has 0 aliphatic rings. The molecule has 5 unspecified atom stereocenters. The minimum Gasteiger partial charge on any atom is -0.508 e. The fraction of sp³-hybridized carbons (Fsp3) is 0.478. The molecule has 0 saturated heterocycles. The molecule has 0 saturated carbocycles. The Hall–Kier alpha value is -4.44. The summed E-state index contributed by atoms with van der Waals surface area (Å²) in [5.41, 5.74) is 16.5. The number of carboxylic acid groups (broad SMARTS) is 2. The van der Waals surface area contributed by atoms with E-state index in [1.54, 1.807) is 0 Å². The highest BCUT2D eigenvalue weighted by Gasteiger charge is 2.33. The Labute approximate surface area is 223 Å². The lowest BCUT2D eigenvalue weighted by atomic mass is 10.0. The Kier molecular flexibility index (Phi) is 13.1. The molecule has 1 rings (SSSR count). The third-order valence-corrected chi connectivity index (χ3v) is 5.36. The van der Waals surface area contributed by atoms with Gasteiger partial charge in [0.25, 0.3) is 0 Å². The lowest BCUT2D eigenvalue weighted by Gasteiger charge is -2.26. The number of aromatic hydroxyl groups is 1. The molecule has 13 N–H and O–H groups in total. The molecule has 16 nitrogen and oxygen atoms in total. The summed E-state index contributed by atoms with van der Waals surface area (Å²) in [6.45, 7) is 1.30. The number of aliphatic hydroxyl groups is 1. The molecule has 16 heteroatoms. The molecule has 0 heterocycles. The summed E-state index contributed by atoms with van der Waals surface area (Å²) in [5.74, 6) is -5.85. The lowest BCUT2D eigenvalue weighted by molar-refractivity contribution is -0.143. The SMILES string of the molecule is CC(O)C(NC(=O)C(Cc1ccc(O)cc1)NC(=O)C(N)CC(=O)O)C(=O)NC(CCCN=C(N)N)C(=O)O. The van der Waals surface area contributed by atoms with E-state index in [0.717, 1.165) is 0 Å². The molecule has 1 aromatic rings. The van der Waals surface area contributed by atoms with Crippen LogP contribution in [0, 0.1) is 0 Å². The van der Waals surface area contributed by atoms with Crippen molar-refractivity contribution in [1.82, 2.24) is 16.0 Å². The summed E-state index contributed by atoms with van der Waals surface area (Å²) < 4.78 is 0. The lowest BCUT2D eigenvalue weighted by Crippen LogP contribution is -2.60. The van der Waals surface area contributed by atoms with Crippen LogP contribution < -0.4 is 33.2 Å². The zero-order chi connectivity index (χ0) is 29.7. The molecule has 0 aliphatic carbocycles. The number of aliphatic hydroxyl groups excluding tert-OH is 1. The van der Waals surface area contributed by atoms with E-state index < -0.39 is 66.4 Å². The minimum absolute atomic E-state index is 0.0515. The van der Waals surface area contributed by atoms with E-state index >= 15 is 0 Å². The molecule has 0 aliphatic heterocycles. The van der Waals surface area contributed by atoms with E-state index in [1.165, 1.54) is 31.2 Å². The first kappa shape index (κ1) is 32.6. The van der Waals surface area contributed by atoms with Crippen molar-refractivity contribution in [2.75, 3.05) is 6.54 Å². The number of hydrogen-bond acceptors (Lipinski definition) is 9. The Morgan fingerprint density at radius 2 is 1.51 bits per heavy atom. The van der Waals surface area contributed by atoms with E-state index in [2.05, 4.69) is 20.9 Å². The van der Waals surface area contributed by atoms with Crippen molar-refractivity contribution >= 4 is 35.6 Å². The predicted octanol–water partition coefficient (Wildman–Crippen LogP) is -3.29. The van der Waals surface area contributed by atoms with Crippen molar-refractivity contribution in [3.8, 4) is 5.75 Å². The number of guanidine groups is 1. The van der Waals surface area contributed by atoms with Crippen molar-refractivity contribution in [1.29, 1.82) is 0 Å². The van der Waals surface area contributed by atoms with Gasteiger partial charge >= 0.3 is 11.9 Å². The van der Waals surface area contributed by atoms with Crippen molar-refractivity contribution in [3.05, 3.63) is 29.8 Å². The average molecular weight is 554 g/mol. The van der Waals surface area contributed by atoms with Crippen LogP contribution in [0.2, 0.25) is 0 Å². The zero-order valence-corrected chi connectivity index (χ0v) is 21.2. The van der Waals surface area contributed by atoms with E-state index in [4.69, 9.17) is 22.3 Å². The van der Waals surface area contributed by atoms with Crippen LogP contribution in [0.15, 0.2) is 29.3 Å². The van der Waals surface area contributed by atoms with Gasteiger partial charge in [-0.1, -0.05) is 12.1 Å². The number of phenols is 1. The minimum atomic E-state index is -1.62. The van der Waals surface area contributed by atoms with Gasteiger partial charge in [-0.15, -0.1) is 0 Å². The number of benzene rings is 1. The molecule has 0 spiro atoms. The number of carboxylic acids is 2. The third-order valence-electron chi connectivity index (χ3n) is 5.36. The predicted molar refractivity (Wildman–Crippen MR) is 137 cm³/mol. The molecule has 0 bridgehead atoms. The highest BCUT2D eigenvalue weighted by atomic mass is 16.4. The van der Waals surface area contributed by atoms with Crippen LogP contribution in [0.1, 0.15) is 31.7 Å². The van der Waals surface area contributed by atoms with Crippen molar-refractivity contribution in [2.24, 2.45) is 22.2 Å². The van der Waals surface area contributed by atoms with Crippen LogP contribution in [0.5, 0.6) is 5.75 Å². The maximum Gasteiger partial charge on any atom is 0.326 e. The molecular weight excluding hydrogens is 518 g/mol. The quantitative estimate of drug-likeness (QED) is 0.0547. The number of carbonyl (C=O) groups is 5. The number of phenolic OH excluding ortho intramolecular Hbond substituents is 1. The summed E-state index contributed by atoms with van der Waals surface area (Å²) in [5, 5.41) is 44.9. The fourth-order valence-corrected chi connectivity index (χ4v) is 3.32. The number of carbonyl (C=O) groups excluding carboxylic acids is 3. The summed E-state index contributed by atoms with van der Waals surface area (Å²) in [6.07, 6.45) is -2.20. The van der Waals surface area contributed by atoms with Gasteiger partial charge in [-0.3, -0.25) is 24.2 Å². The molecule has 5 atom stereocenters. The second-order valence-corrected chi connectivity index (χ2v) is 8.71. The van der Waals surface area contributed by atoms with Crippen molar-refractivity contribution in [2.45, 2.75) is 62.9 Å². The van der Waals surface area contributed by atoms with E-state index in [-0.39, 0.29) is 37.5 Å². The normalized spacial score (nSPS) is 14.5. The number of aliphatic imine (C=N–C) groups is 1.